The van der Waals surface area contributed by atoms with E-state index in [2.05, 4.69) is 15.9 Å². The second kappa shape index (κ2) is 6.39. The number of anilines is 1. The Morgan fingerprint density at radius 1 is 1.39 bits per heavy atom. The summed E-state index contributed by atoms with van der Waals surface area (Å²) in [6, 6.07) is 4.91. The maximum atomic E-state index is 12.0. The van der Waals surface area contributed by atoms with Gasteiger partial charge in [0.1, 0.15) is 6.54 Å². The van der Waals surface area contributed by atoms with Crippen molar-refractivity contribution in [3.8, 4) is 0 Å². The topological polar surface area (TPSA) is 72.6 Å². The Bertz CT molecular complexity index is 442. The quantitative estimate of drug-likeness (QED) is 0.677. The highest BCUT2D eigenvalue weighted by Crippen LogP contribution is 2.18. The Balaban J connectivity index is 2.77. The Hall–Kier alpha value is -1.56. The lowest BCUT2D eigenvalue weighted by Crippen LogP contribution is -2.33. The molecular weight excluding hydrogens is 300 g/mol. The number of nitrogens with two attached hydrogens (primary N) is 1. The number of rotatable bonds is 4. The summed E-state index contributed by atoms with van der Waals surface area (Å²) in [6.07, 6.45) is 0. The summed E-state index contributed by atoms with van der Waals surface area (Å²) >= 11 is 3.26. The van der Waals surface area contributed by atoms with Crippen molar-refractivity contribution < 1.29 is 14.3 Å². The van der Waals surface area contributed by atoms with Gasteiger partial charge in [-0.2, -0.15) is 0 Å². The van der Waals surface area contributed by atoms with Gasteiger partial charge in [0, 0.05) is 22.8 Å². The summed E-state index contributed by atoms with van der Waals surface area (Å²) in [7, 11) is 1.54. The molecule has 18 heavy (non-hydrogen) atoms. The molecule has 0 atom stereocenters. The molecule has 0 aliphatic heterocycles. The SMILES string of the molecule is CCOC(=O)CN(C)C(=O)c1cc(N)cc(Br)c1. The molecule has 0 radical (unpaired) electrons. The van der Waals surface area contributed by atoms with E-state index in [1.165, 1.54) is 11.9 Å². The van der Waals surface area contributed by atoms with Crippen molar-refractivity contribution in [2.24, 2.45) is 0 Å². The van der Waals surface area contributed by atoms with E-state index in [0.717, 1.165) is 4.47 Å². The molecular formula is C12H15BrN2O3. The molecule has 1 rings (SSSR count). The van der Waals surface area contributed by atoms with E-state index < -0.39 is 5.97 Å². The lowest BCUT2D eigenvalue weighted by atomic mass is 10.2. The predicted octanol–water partition coefficient (Wildman–Crippen LogP) is 1.67. The van der Waals surface area contributed by atoms with Crippen molar-refractivity contribution in [3.05, 3.63) is 28.2 Å². The number of amides is 1. The zero-order valence-electron chi connectivity index (χ0n) is 10.3. The average Bonchev–Trinajstić information content (AvgIpc) is 2.26. The molecule has 0 bridgehead atoms. The number of nitrogen functional groups attached to an aromatic ring is 1. The van der Waals surface area contributed by atoms with Crippen LogP contribution in [0.15, 0.2) is 22.7 Å². The van der Waals surface area contributed by atoms with Crippen molar-refractivity contribution in [1.29, 1.82) is 0 Å². The molecule has 98 valence electrons. The number of esters is 1. The van der Waals surface area contributed by atoms with Gasteiger partial charge in [-0.3, -0.25) is 9.59 Å². The molecule has 1 aromatic rings. The van der Waals surface area contributed by atoms with Gasteiger partial charge in [0.15, 0.2) is 0 Å². The number of carbonyl (C=O) groups excluding carboxylic acids is 2. The van der Waals surface area contributed by atoms with Crippen molar-refractivity contribution in [3.63, 3.8) is 0 Å². The number of hydrogen-bond acceptors (Lipinski definition) is 4. The molecule has 0 saturated heterocycles. The largest absolute Gasteiger partial charge is 0.465 e. The minimum Gasteiger partial charge on any atom is -0.465 e. The first-order valence-electron chi connectivity index (χ1n) is 5.41. The summed E-state index contributed by atoms with van der Waals surface area (Å²) in [5.41, 5.74) is 6.56. The smallest absolute Gasteiger partial charge is 0.325 e. The number of nitrogens with zero attached hydrogens (tertiary/aromatic N) is 1. The molecule has 0 spiro atoms. The minimum atomic E-state index is -0.434. The second-order valence-electron chi connectivity index (χ2n) is 3.74. The molecule has 1 aromatic carbocycles. The maximum Gasteiger partial charge on any atom is 0.325 e. The summed E-state index contributed by atoms with van der Waals surface area (Å²) in [5, 5.41) is 0. The van der Waals surface area contributed by atoms with Crippen LogP contribution in [-0.4, -0.2) is 37.0 Å². The number of benzene rings is 1. The van der Waals surface area contributed by atoms with Crippen LogP contribution < -0.4 is 5.73 Å². The zero-order chi connectivity index (χ0) is 13.7. The van der Waals surface area contributed by atoms with Gasteiger partial charge in [-0.15, -0.1) is 0 Å². The van der Waals surface area contributed by atoms with Gasteiger partial charge in [-0.05, 0) is 25.1 Å². The lowest BCUT2D eigenvalue weighted by molar-refractivity contribution is -0.143. The first-order chi connectivity index (χ1) is 8.43. The molecule has 0 saturated carbocycles. The van der Waals surface area contributed by atoms with Gasteiger partial charge in [0.2, 0.25) is 0 Å². The number of hydrogen-bond donors (Lipinski definition) is 1. The molecule has 1 amide bonds. The van der Waals surface area contributed by atoms with Crippen LogP contribution in [0.4, 0.5) is 5.69 Å². The Kier molecular flexibility index (Phi) is 5.15. The first kappa shape index (κ1) is 14.5. The Labute approximate surface area is 114 Å². The van der Waals surface area contributed by atoms with Crippen LogP contribution in [0.25, 0.3) is 0 Å². The van der Waals surface area contributed by atoms with E-state index in [1.54, 1.807) is 25.1 Å². The molecule has 5 nitrogen and oxygen atoms in total. The normalized spacial score (nSPS) is 9.94. The van der Waals surface area contributed by atoms with Crippen LogP contribution in [0, 0.1) is 0 Å². The van der Waals surface area contributed by atoms with E-state index in [4.69, 9.17) is 10.5 Å². The van der Waals surface area contributed by atoms with Crippen molar-refractivity contribution in [2.75, 3.05) is 25.9 Å². The highest BCUT2D eigenvalue weighted by atomic mass is 79.9. The Morgan fingerprint density at radius 3 is 2.61 bits per heavy atom. The van der Waals surface area contributed by atoms with Gasteiger partial charge in [-0.25, -0.2) is 0 Å². The monoisotopic (exact) mass is 314 g/mol. The van der Waals surface area contributed by atoms with Gasteiger partial charge in [-0.1, -0.05) is 15.9 Å². The van der Waals surface area contributed by atoms with Gasteiger partial charge >= 0.3 is 5.97 Å². The van der Waals surface area contributed by atoms with Gasteiger partial charge in [0.25, 0.3) is 5.91 Å². The number of carbonyl (C=O) groups is 2. The minimum absolute atomic E-state index is 0.0842. The summed E-state index contributed by atoms with van der Waals surface area (Å²) < 4.78 is 5.50. The standard InChI is InChI=1S/C12H15BrN2O3/c1-3-18-11(16)7-15(2)12(17)8-4-9(13)6-10(14)5-8/h4-6H,3,7,14H2,1-2H3. The van der Waals surface area contributed by atoms with Gasteiger partial charge < -0.3 is 15.4 Å². The van der Waals surface area contributed by atoms with E-state index >= 15 is 0 Å². The third-order valence-corrected chi connectivity index (χ3v) is 2.64. The molecule has 0 aliphatic carbocycles. The number of ether oxygens (including phenoxy) is 1. The predicted molar refractivity (Wildman–Crippen MR) is 72.1 cm³/mol. The number of halogens is 1. The average molecular weight is 315 g/mol. The molecule has 0 fully saturated rings. The van der Waals surface area contributed by atoms with Crippen molar-refractivity contribution in [1.82, 2.24) is 4.90 Å². The zero-order valence-corrected chi connectivity index (χ0v) is 11.9. The van der Waals surface area contributed by atoms with Crippen molar-refractivity contribution >= 4 is 33.5 Å². The highest BCUT2D eigenvalue weighted by Gasteiger charge is 2.16. The van der Waals surface area contributed by atoms with Crippen LogP contribution in [-0.2, 0) is 9.53 Å². The molecule has 0 aromatic heterocycles. The maximum absolute atomic E-state index is 12.0. The molecule has 0 unspecified atom stereocenters. The van der Waals surface area contributed by atoms with E-state index in [-0.39, 0.29) is 12.5 Å². The van der Waals surface area contributed by atoms with E-state index in [9.17, 15) is 9.59 Å². The summed E-state index contributed by atoms with van der Waals surface area (Å²) in [6.45, 7) is 1.93. The lowest BCUT2D eigenvalue weighted by Gasteiger charge is -2.16. The fourth-order valence-electron chi connectivity index (χ4n) is 1.43. The van der Waals surface area contributed by atoms with E-state index in [1.807, 2.05) is 0 Å². The molecule has 0 aliphatic rings. The van der Waals surface area contributed by atoms with Crippen molar-refractivity contribution in [2.45, 2.75) is 6.92 Å². The van der Waals surface area contributed by atoms with Crippen LogP contribution >= 0.6 is 15.9 Å². The summed E-state index contributed by atoms with van der Waals surface area (Å²) in [4.78, 5) is 24.6. The van der Waals surface area contributed by atoms with E-state index in [0.29, 0.717) is 17.9 Å². The van der Waals surface area contributed by atoms with Gasteiger partial charge in [0.05, 0.1) is 6.61 Å². The van der Waals surface area contributed by atoms with Crippen LogP contribution in [0.3, 0.4) is 0 Å². The fourth-order valence-corrected chi connectivity index (χ4v) is 1.94. The van der Waals surface area contributed by atoms with Crippen LogP contribution in [0.1, 0.15) is 17.3 Å². The highest BCUT2D eigenvalue weighted by molar-refractivity contribution is 9.10. The molecule has 2 N–H and O–H groups in total. The first-order valence-corrected chi connectivity index (χ1v) is 6.20. The third-order valence-electron chi connectivity index (χ3n) is 2.19. The van der Waals surface area contributed by atoms with Crippen LogP contribution in [0.5, 0.6) is 0 Å². The fraction of sp³-hybridized carbons (Fsp3) is 0.333. The summed E-state index contributed by atoms with van der Waals surface area (Å²) in [5.74, 6) is -0.715. The molecule has 0 heterocycles. The third kappa shape index (κ3) is 4.03. The molecule has 6 heteroatoms. The number of likely N-dealkylation sites (N-methyl/N-ethyl adjacent to an activating group) is 1. The Morgan fingerprint density at radius 2 is 2.06 bits per heavy atom. The van der Waals surface area contributed by atoms with Crippen LogP contribution in [0.2, 0.25) is 0 Å². The second-order valence-corrected chi connectivity index (χ2v) is 4.66.